The van der Waals surface area contributed by atoms with Crippen LogP contribution in [0, 0.1) is 0 Å². The van der Waals surface area contributed by atoms with Gasteiger partial charge in [0.2, 0.25) is 0 Å². The summed E-state index contributed by atoms with van der Waals surface area (Å²) in [6.45, 7) is 2.85. The first kappa shape index (κ1) is 15.2. The van der Waals surface area contributed by atoms with Gasteiger partial charge in [0.15, 0.2) is 0 Å². The van der Waals surface area contributed by atoms with Crippen molar-refractivity contribution in [3.8, 4) is 5.75 Å². The molecule has 5 heteroatoms. The second-order valence-electron chi connectivity index (χ2n) is 3.86. The van der Waals surface area contributed by atoms with E-state index in [1.807, 2.05) is 18.2 Å². The number of halogens is 1. The Bertz CT molecular complexity index is 347. The third-order valence-electron chi connectivity index (χ3n) is 2.37. The van der Waals surface area contributed by atoms with E-state index < -0.39 is 0 Å². The van der Waals surface area contributed by atoms with Crippen LogP contribution in [0.5, 0.6) is 5.75 Å². The minimum absolute atomic E-state index is 0.124. The largest absolute Gasteiger partial charge is 0.492 e. The Labute approximate surface area is 113 Å². The fourth-order valence-corrected chi connectivity index (χ4v) is 1.68. The lowest BCUT2D eigenvalue weighted by atomic mass is 10.2. The molecule has 0 saturated heterocycles. The maximum Gasteiger partial charge on any atom is 0.137 e. The molecule has 0 atom stereocenters. The van der Waals surface area contributed by atoms with E-state index in [1.165, 1.54) is 0 Å². The predicted octanol–water partition coefficient (Wildman–Crippen LogP) is 1.84. The van der Waals surface area contributed by atoms with Crippen LogP contribution in [-0.4, -0.2) is 38.6 Å². The summed E-state index contributed by atoms with van der Waals surface area (Å²) in [6.07, 6.45) is 0.608. The lowest BCUT2D eigenvalue weighted by Gasteiger charge is -2.09. The van der Waals surface area contributed by atoms with Gasteiger partial charge in [0.25, 0.3) is 0 Å². The summed E-state index contributed by atoms with van der Waals surface area (Å²) in [6, 6.07) is 5.71. The van der Waals surface area contributed by atoms with E-state index in [0.717, 1.165) is 18.7 Å². The molecule has 2 N–H and O–H groups in total. The maximum atomic E-state index is 8.67. The number of hydrogen-bond donors (Lipinski definition) is 2. The van der Waals surface area contributed by atoms with Gasteiger partial charge < -0.3 is 19.9 Å². The average Bonchev–Trinajstić information content (AvgIpc) is 2.37. The van der Waals surface area contributed by atoms with Crippen LogP contribution in [0.1, 0.15) is 12.0 Å². The quantitative estimate of drug-likeness (QED) is 0.674. The Kier molecular flexibility index (Phi) is 7.76. The lowest BCUT2D eigenvalue weighted by Crippen LogP contribution is -2.18. The first-order chi connectivity index (χ1) is 8.77. The van der Waals surface area contributed by atoms with Crippen LogP contribution in [-0.2, 0) is 11.3 Å². The topological polar surface area (TPSA) is 50.7 Å². The first-order valence-electron chi connectivity index (χ1n) is 5.99. The van der Waals surface area contributed by atoms with E-state index in [0.29, 0.717) is 30.4 Å². The maximum absolute atomic E-state index is 8.67. The minimum atomic E-state index is 0.124. The van der Waals surface area contributed by atoms with E-state index in [1.54, 1.807) is 7.11 Å². The van der Waals surface area contributed by atoms with E-state index in [2.05, 4.69) is 5.32 Å². The lowest BCUT2D eigenvalue weighted by molar-refractivity contribution is 0.199. The number of rotatable bonds is 9. The molecular formula is C13H20ClNO3. The highest BCUT2D eigenvalue weighted by Crippen LogP contribution is 2.25. The number of benzene rings is 1. The molecule has 4 nitrogen and oxygen atoms in total. The molecule has 1 rings (SSSR count). The van der Waals surface area contributed by atoms with Crippen molar-refractivity contribution in [2.75, 3.05) is 33.5 Å². The molecule has 0 bridgehead atoms. The molecular weight excluding hydrogens is 254 g/mol. The highest BCUT2D eigenvalue weighted by molar-refractivity contribution is 6.32. The molecule has 0 amide bonds. The SMILES string of the molecule is COCCNCc1ccc(OCCCO)c(Cl)c1. The monoisotopic (exact) mass is 273 g/mol. The fourth-order valence-electron chi connectivity index (χ4n) is 1.42. The fraction of sp³-hybridized carbons (Fsp3) is 0.538. The van der Waals surface area contributed by atoms with Gasteiger partial charge in [-0.05, 0) is 17.7 Å². The van der Waals surface area contributed by atoms with E-state index >= 15 is 0 Å². The van der Waals surface area contributed by atoms with Crippen molar-refractivity contribution < 1.29 is 14.6 Å². The second kappa shape index (κ2) is 9.16. The number of hydrogen-bond acceptors (Lipinski definition) is 4. The summed E-state index contributed by atoms with van der Waals surface area (Å²) >= 11 is 6.11. The van der Waals surface area contributed by atoms with Gasteiger partial charge in [-0.25, -0.2) is 0 Å². The number of aliphatic hydroxyl groups excluding tert-OH is 1. The van der Waals surface area contributed by atoms with Crippen LogP contribution < -0.4 is 10.1 Å². The molecule has 18 heavy (non-hydrogen) atoms. The standard InChI is InChI=1S/C13H20ClNO3/c1-17-8-5-15-10-11-3-4-13(12(14)9-11)18-7-2-6-16/h3-4,9,15-16H,2,5-8,10H2,1H3. The molecule has 0 unspecified atom stereocenters. The summed E-state index contributed by atoms with van der Waals surface area (Å²) in [5.41, 5.74) is 1.10. The number of nitrogens with one attached hydrogen (secondary N) is 1. The van der Waals surface area contributed by atoms with Crippen LogP contribution in [0.3, 0.4) is 0 Å². The molecule has 102 valence electrons. The molecule has 0 aliphatic heterocycles. The summed E-state index contributed by atoms with van der Waals surface area (Å²) in [5, 5.41) is 12.5. The van der Waals surface area contributed by atoms with Gasteiger partial charge in [0.05, 0.1) is 18.2 Å². The number of aliphatic hydroxyl groups is 1. The van der Waals surface area contributed by atoms with Crippen molar-refractivity contribution in [3.05, 3.63) is 28.8 Å². The number of methoxy groups -OCH3 is 1. The van der Waals surface area contributed by atoms with Gasteiger partial charge in [-0.3, -0.25) is 0 Å². The predicted molar refractivity (Wildman–Crippen MR) is 72.2 cm³/mol. The Balaban J connectivity index is 2.41. The zero-order chi connectivity index (χ0) is 13.2. The Morgan fingerprint density at radius 3 is 2.83 bits per heavy atom. The molecule has 1 aromatic carbocycles. The van der Waals surface area contributed by atoms with E-state index in [9.17, 15) is 0 Å². The van der Waals surface area contributed by atoms with Gasteiger partial charge in [0, 0.05) is 33.2 Å². The normalized spacial score (nSPS) is 10.6. The van der Waals surface area contributed by atoms with Gasteiger partial charge in [-0.2, -0.15) is 0 Å². The van der Waals surface area contributed by atoms with Crippen molar-refractivity contribution in [1.82, 2.24) is 5.32 Å². The van der Waals surface area contributed by atoms with Crippen LogP contribution in [0.2, 0.25) is 5.02 Å². The highest BCUT2D eigenvalue weighted by Gasteiger charge is 2.03. The van der Waals surface area contributed by atoms with Crippen LogP contribution in [0.15, 0.2) is 18.2 Å². The zero-order valence-corrected chi connectivity index (χ0v) is 11.4. The molecule has 0 saturated carbocycles. The third-order valence-corrected chi connectivity index (χ3v) is 2.66. The second-order valence-corrected chi connectivity index (χ2v) is 4.27. The van der Waals surface area contributed by atoms with Crippen molar-refractivity contribution in [3.63, 3.8) is 0 Å². The molecule has 0 aliphatic rings. The molecule has 0 radical (unpaired) electrons. The average molecular weight is 274 g/mol. The molecule has 0 aromatic heterocycles. The first-order valence-corrected chi connectivity index (χ1v) is 6.37. The highest BCUT2D eigenvalue weighted by atomic mass is 35.5. The molecule has 1 aromatic rings. The van der Waals surface area contributed by atoms with Gasteiger partial charge in [0.1, 0.15) is 5.75 Å². The van der Waals surface area contributed by atoms with Crippen molar-refractivity contribution in [2.24, 2.45) is 0 Å². The molecule has 0 aliphatic carbocycles. The van der Waals surface area contributed by atoms with Crippen molar-refractivity contribution >= 4 is 11.6 Å². The third kappa shape index (κ3) is 5.69. The minimum Gasteiger partial charge on any atom is -0.492 e. The smallest absolute Gasteiger partial charge is 0.137 e. The van der Waals surface area contributed by atoms with E-state index in [-0.39, 0.29) is 6.61 Å². The van der Waals surface area contributed by atoms with E-state index in [4.69, 9.17) is 26.2 Å². The zero-order valence-electron chi connectivity index (χ0n) is 10.6. The van der Waals surface area contributed by atoms with Gasteiger partial charge in [-0.1, -0.05) is 17.7 Å². The Hall–Kier alpha value is -0.810. The summed E-state index contributed by atoms with van der Waals surface area (Å²) in [5.74, 6) is 0.658. The Morgan fingerprint density at radius 1 is 1.33 bits per heavy atom. The van der Waals surface area contributed by atoms with Crippen molar-refractivity contribution in [1.29, 1.82) is 0 Å². The molecule has 0 spiro atoms. The van der Waals surface area contributed by atoms with Crippen LogP contribution in [0.4, 0.5) is 0 Å². The Morgan fingerprint density at radius 2 is 2.17 bits per heavy atom. The molecule has 0 fully saturated rings. The summed E-state index contributed by atoms with van der Waals surface area (Å²) in [7, 11) is 1.68. The summed E-state index contributed by atoms with van der Waals surface area (Å²) in [4.78, 5) is 0. The molecule has 0 heterocycles. The number of ether oxygens (including phenoxy) is 2. The van der Waals surface area contributed by atoms with Crippen LogP contribution in [0.25, 0.3) is 0 Å². The van der Waals surface area contributed by atoms with Crippen molar-refractivity contribution in [2.45, 2.75) is 13.0 Å². The van der Waals surface area contributed by atoms with Crippen LogP contribution >= 0.6 is 11.6 Å². The van der Waals surface area contributed by atoms with Gasteiger partial charge >= 0.3 is 0 Å². The summed E-state index contributed by atoms with van der Waals surface area (Å²) < 4.78 is 10.4. The van der Waals surface area contributed by atoms with Gasteiger partial charge in [-0.15, -0.1) is 0 Å².